The van der Waals surface area contributed by atoms with E-state index in [1.54, 1.807) is 0 Å². The SMILES string of the molecule is CCCCN(C)C1(C)CCN(C)C1. The standard InChI is InChI=1S/C11H24N2/c1-5-6-8-13(4)11(2)7-9-12(3)10-11/h5-10H2,1-4H3. The Labute approximate surface area is 82.9 Å². The van der Waals surface area contributed by atoms with Crippen LogP contribution >= 0.6 is 0 Å². The number of nitrogens with zero attached hydrogens (tertiary/aromatic N) is 2. The molecule has 0 spiro atoms. The Morgan fingerprint density at radius 2 is 2.15 bits per heavy atom. The van der Waals surface area contributed by atoms with Crippen molar-refractivity contribution in [3.05, 3.63) is 0 Å². The zero-order valence-electron chi connectivity index (χ0n) is 9.64. The second kappa shape index (κ2) is 4.43. The van der Waals surface area contributed by atoms with Crippen molar-refractivity contribution in [2.75, 3.05) is 33.7 Å². The van der Waals surface area contributed by atoms with E-state index in [0.29, 0.717) is 5.54 Å². The fourth-order valence-corrected chi connectivity index (χ4v) is 2.15. The van der Waals surface area contributed by atoms with Crippen LogP contribution in [0, 0.1) is 0 Å². The van der Waals surface area contributed by atoms with E-state index in [1.807, 2.05) is 0 Å². The van der Waals surface area contributed by atoms with E-state index in [2.05, 4.69) is 37.7 Å². The third kappa shape index (κ3) is 2.68. The van der Waals surface area contributed by atoms with Crippen LogP contribution in [0.3, 0.4) is 0 Å². The average Bonchev–Trinajstić information content (AvgIpc) is 2.43. The zero-order valence-corrected chi connectivity index (χ0v) is 9.64. The van der Waals surface area contributed by atoms with Gasteiger partial charge in [0.15, 0.2) is 0 Å². The van der Waals surface area contributed by atoms with Gasteiger partial charge in [-0.1, -0.05) is 13.3 Å². The Morgan fingerprint density at radius 3 is 2.62 bits per heavy atom. The highest BCUT2D eigenvalue weighted by atomic mass is 15.3. The van der Waals surface area contributed by atoms with E-state index in [4.69, 9.17) is 0 Å². The first-order valence-electron chi connectivity index (χ1n) is 5.48. The van der Waals surface area contributed by atoms with Crippen molar-refractivity contribution in [2.45, 2.75) is 38.6 Å². The minimum Gasteiger partial charge on any atom is -0.304 e. The monoisotopic (exact) mass is 184 g/mol. The molecular weight excluding hydrogens is 160 g/mol. The molecule has 2 nitrogen and oxygen atoms in total. The second-order valence-corrected chi connectivity index (χ2v) is 4.76. The molecule has 1 atom stereocenters. The first-order valence-corrected chi connectivity index (χ1v) is 5.48. The molecule has 1 heterocycles. The van der Waals surface area contributed by atoms with Gasteiger partial charge in [0.25, 0.3) is 0 Å². The molecule has 0 aromatic heterocycles. The van der Waals surface area contributed by atoms with Gasteiger partial charge in [-0.05, 0) is 47.0 Å². The number of unbranched alkanes of at least 4 members (excludes halogenated alkanes) is 1. The van der Waals surface area contributed by atoms with Gasteiger partial charge in [0, 0.05) is 12.1 Å². The number of hydrogen-bond acceptors (Lipinski definition) is 2. The van der Waals surface area contributed by atoms with Gasteiger partial charge in [-0.25, -0.2) is 0 Å². The molecule has 0 saturated carbocycles. The van der Waals surface area contributed by atoms with E-state index in [9.17, 15) is 0 Å². The van der Waals surface area contributed by atoms with Crippen molar-refractivity contribution in [2.24, 2.45) is 0 Å². The highest BCUT2D eigenvalue weighted by Crippen LogP contribution is 2.25. The fourth-order valence-electron chi connectivity index (χ4n) is 2.15. The molecule has 0 radical (unpaired) electrons. The molecule has 1 aliphatic heterocycles. The van der Waals surface area contributed by atoms with Crippen LogP contribution in [0.5, 0.6) is 0 Å². The quantitative estimate of drug-likeness (QED) is 0.657. The van der Waals surface area contributed by atoms with Crippen LogP contribution in [0.1, 0.15) is 33.1 Å². The zero-order chi connectivity index (χ0) is 9.90. The third-order valence-electron chi connectivity index (χ3n) is 3.41. The van der Waals surface area contributed by atoms with Gasteiger partial charge < -0.3 is 4.90 Å². The molecule has 0 bridgehead atoms. The van der Waals surface area contributed by atoms with Gasteiger partial charge in [0.1, 0.15) is 0 Å². The van der Waals surface area contributed by atoms with Crippen LogP contribution in [-0.4, -0.2) is 49.1 Å². The Hall–Kier alpha value is -0.0800. The molecule has 2 heteroatoms. The lowest BCUT2D eigenvalue weighted by Crippen LogP contribution is -2.46. The molecular formula is C11H24N2. The van der Waals surface area contributed by atoms with Crippen molar-refractivity contribution in [3.63, 3.8) is 0 Å². The lowest BCUT2D eigenvalue weighted by atomic mass is 9.99. The summed E-state index contributed by atoms with van der Waals surface area (Å²) in [7, 11) is 4.49. The Kier molecular flexibility index (Phi) is 3.74. The van der Waals surface area contributed by atoms with Crippen molar-refractivity contribution in [1.29, 1.82) is 0 Å². The first-order chi connectivity index (χ1) is 6.08. The van der Waals surface area contributed by atoms with Crippen molar-refractivity contribution in [3.8, 4) is 0 Å². The van der Waals surface area contributed by atoms with Crippen LogP contribution in [0.25, 0.3) is 0 Å². The lowest BCUT2D eigenvalue weighted by molar-refractivity contribution is 0.143. The molecule has 0 aromatic carbocycles. The van der Waals surface area contributed by atoms with E-state index in [0.717, 1.165) is 0 Å². The Morgan fingerprint density at radius 1 is 1.46 bits per heavy atom. The fraction of sp³-hybridized carbons (Fsp3) is 1.00. The highest BCUT2D eigenvalue weighted by Gasteiger charge is 2.34. The number of hydrogen-bond donors (Lipinski definition) is 0. The number of likely N-dealkylation sites (tertiary alicyclic amines) is 1. The van der Waals surface area contributed by atoms with Crippen LogP contribution < -0.4 is 0 Å². The summed E-state index contributed by atoms with van der Waals surface area (Å²) in [5.41, 5.74) is 0.434. The molecule has 0 N–H and O–H groups in total. The second-order valence-electron chi connectivity index (χ2n) is 4.76. The molecule has 0 amide bonds. The largest absolute Gasteiger partial charge is 0.304 e. The summed E-state index contributed by atoms with van der Waals surface area (Å²) in [6, 6.07) is 0. The predicted molar refractivity (Wildman–Crippen MR) is 58.1 cm³/mol. The summed E-state index contributed by atoms with van der Waals surface area (Å²) in [5, 5.41) is 0. The van der Waals surface area contributed by atoms with Gasteiger partial charge in [-0.2, -0.15) is 0 Å². The van der Waals surface area contributed by atoms with Gasteiger partial charge in [-0.3, -0.25) is 4.90 Å². The van der Waals surface area contributed by atoms with Crippen molar-refractivity contribution >= 4 is 0 Å². The van der Waals surface area contributed by atoms with Crippen LogP contribution in [0.2, 0.25) is 0 Å². The van der Waals surface area contributed by atoms with Gasteiger partial charge in [0.2, 0.25) is 0 Å². The predicted octanol–water partition coefficient (Wildman–Crippen LogP) is 1.81. The minimum absolute atomic E-state index is 0.434. The summed E-state index contributed by atoms with van der Waals surface area (Å²) >= 11 is 0. The molecule has 1 unspecified atom stereocenters. The van der Waals surface area contributed by atoms with E-state index in [-0.39, 0.29) is 0 Å². The number of likely N-dealkylation sites (N-methyl/N-ethyl adjacent to an activating group) is 2. The molecule has 0 aromatic rings. The van der Waals surface area contributed by atoms with E-state index < -0.39 is 0 Å². The Balaban J connectivity index is 2.40. The summed E-state index contributed by atoms with van der Waals surface area (Å²) in [5.74, 6) is 0. The highest BCUT2D eigenvalue weighted by molar-refractivity contribution is 4.93. The first kappa shape index (κ1) is 11.0. The smallest absolute Gasteiger partial charge is 0.0317 e. The van der Waals surface area contributed by atoms with Gasteiger partial charge in [-0.15, -0.1) is 0 Å². The van der Waals surface area contributed by atoms with Crippen LogP contribution in [-0.2, 0) is 0 Å². The summed E-state index contributed by atoms with van der Waals surface area (Å²) < 4.78 is 0. The molecule has 1 fully saturated rings. The molecule has 1 rings (SSSR count). The maximum Gasteiger partial charge on any atom is 0.0317 e. The summed E-state index contributed by atoms with van der Waals surface area (Å²) in [4.78, 5) is 4.97. The number of rotatable bonds is 4. The molecule has 1 aliphatic rings. The van der Waals surface area contributed by atoms with Crippen molar-refractivity contribution < 1.29 is 0 Å². The molecule has 1 saturated heterocycles. The summed E-state index contributed by atoms with van der Waals surface area (Å²) in [6.45, 7) is 8.39. The maximum absolute atomic E-state index is 2.54. The lowest BCUT2D eigenvalue weighted by Gasteiger charge is -2.35. The van der Waals surface area contributed by atoms with Crippen LogP contribution in [0.4, 0.5) is 0 Å². The normalized spacial score (nSPS) is 30.2. The van der Waals surface area contributed by atoms with Gasteiger partial charge in [0.05, 0.1) is 0 Å². The topological polar surface area (TPSA) is 6.48 Å². The average molecular weight is 184 g/mol. The third-order valence-corrected chi connectivity index (χ3v) is 3.41. The summed E-state index contributed by atoms with van der Waals surface area (Å²) in [6.07, 6.45) is 3.95. The van der Waals surface area contributed by atoms with Gasteiger partial charge >= 0.3 is 0 Å². The Bertz CT molecular complexity index is 158. The van der Waals surface area contributed by atoms with Crippen molar-refractivity contribution in [1.82, 2.24) is 9.80 Å². The molecule has 13 heavy (non-hydrogen) atoms. The molecule has 78 valence electrons. The van der Waals surface area contributed by atoms with Crippen LogP contribution in [0.15, 0.2) is 0 Å². The minimum atomic E-state index is 0.434. The molecule has 0 aliphatic carbocycles. The maximum atomic E-state index is 2.54. The van der Waals surface area contributed by atoms with E-state index in [1.165, 1.54) is 38.9 Å². The van der Waals surface area contributed by atoms with E-state index >= 15 is 0 Å².